The van der Waals surface area contributed by atoms with Crippen molar-refractivity contribution in [3.8, 4) is 5.75 Å². The van der Waals surface area contributed by atoms with Gasteiger partial charge in [-0.3, -0.25) is 4.79 Å². The molecule has 0 spiro atoms. The molecule has 21 heavy (non-hydrogen) atoms. The van der Waals surface area contributed by atoms with Crippen molar-refractivity contribution >= 4 is 34.1 Å². The van der Waals surface area contributed by atoms with Crippen molar-refractivity contribution in [3.63, 3.8) is 0 Å². The lowest BCUT2D eigenvalue weighted by atomic mass is 10.2. The molecule has 1 heterocycles. The molecular formula is C16H13ClN2O2. The first kappa shape index (κ1) is 13.5. The molecule has 0 aliphatic heterocycles. The van der Waals surface area contributed by atoms with Gasteiger partial charge in [0, 0.05) is 27.8 Å². The lowest BCUT2D eigenvalue weighted by Gasteiger charge is -2.08. The zero-order valence-corrected chi connectivity index (χ0v) is 11.9. The number of carbonyl (C=O) groups excluding carboxylic acids is 1. The van der Waals surface area contributed by atoms with E-state index in [0.717, 1.165) is 10.9 Å². The molecule has 3 aromatic rings. The summed E-state index contributed by atoms with van der Waals surface area (Å²) in [5, 5.41) is 4.35. The van der Waals surface area contributed by atoms with Crippen molar-refractivity contribution < 1.29 is 9.53 Å². The van der Waals surface area contributed by atoms with Crippen LogP contribution in [0, 0.1) is 0 Å². The molecule has 1 amide bonds. The zero-order valence-electron chi connectivity index (χ0n) is 11.1. The van der Waals surface area contributed by atoms with Crippen LogP contribution in [0.25, 0.3) is 10.9 Å². The Kier molecular flexibility index (Phi) is 3.79. The minimum absolute atomic E-state index is 0.0531. The van der Waals surface area contributed by atoms with E-state index in [4.69, 9.17) is 16.3 Å². The van der Waals surface area contributed by atoms with E-state index >= 15 is 0 Å². The molecule has 0 saturated heterocycles. The minimum Gasteiger partial charge on any atom is -0.484 e. The molecule has 0 fully saturated rings. The largest absolute Gasteiger partial charge is 0.484 e. The quantitative estimate of drug-likeness (QED) is 0.769. The molecule has 0 unspecified atom stereocenters. The Morgan fingerprint density at radius 2 is 2.10 bits per heavy atom. The van der Waals surface area contributed by atoms with Gasteiger partial charge < -0.3 is 15.0 Å². The summed E-state index contributed by atoms with van der Waals surface area (Å²) in [6.07, 6.45) is 1.86. The summed E-state index contributed by atoms with van der Waals surface area (Å²) in [5.41, 5.74) is 1.68. The Morgan fingerprint density at radius 1 is 1.19 bits per heavy atom. The molecule has 0 aliphatic carbocycles. The van der Waals surface area contributed by atoms with Gasteiger partial charge >= 0.3 is 0 Å². The SMILES string of the molecule is O=C(COc1ccc2[nH]ccc2c1)Nc1cccc(Cl)c1. The molecule has 1 aromatic heterocycles. The predicted molar refractivity (Wildman–Crippen MR) is 83.9 cm³/mol. The molecule has 2 aromatic carbocycles. The van der Waals surface area contributed by atoms with Crippen molar-refractivity contribution in [2.45, 2.75) is 0 Å². The molecule has 0 aliphatic rings. The standard InChI is InChI=1S/C16H13ClN2O2/c17-12-2-1-3-13(9-12)19-16(20)10-21-14-4-5-15-11(8-14)6-7-18-15/h1-9,18H,10H2,(H,19,20). The first-order valence-electron chi connectivity index (χ1n) is 6.46. The Bertz CT molecular complexity index is 783. The number of anilines is 1. The van der Waals surface area contributed by atoms with Gasteiger partial charge in [-0.2, -0.15) is 0 Å². The second-order valence-corrected chi connectivity index (χ2v) is 5.01. The van der Waals surface area contributed by atoms with Gasteiger partial charge in [-0.25, -0.2) is 0 Å². The molecule has 3 rings (SSSR count). The van der Waals surface area contributed by atoms with Crippen LogP contribution in [0.15, 0.2) is 54.7 Å². The minimum atomic E-state index is -0.230. The summed E-state index contributed by atoms with van der Waals surface area (Å²) in [4.78, 5) is 14.9. The highest BCUT2D eigenvalue weighted by atomic mass is 35.5. The van der Waals surface area contributed by atoms with Crippen LogP contribution in [0.1, 0.15) is 0 Å². The van der Waals surface area contributed by atoms with E-state index < -0.39 is 0 Å². The number of hydrogen-bond donors (Lipinski definition) is 2. The Balaban J connectivity index is 1.60. The maximum absolute atomic E-state index is 11.8. The van der Waals surface area contributed by atoms with Gasteiger partial charge in [0.15, 0.2) is 6.61 Å². The number of aromatic nitrogens is 1. The fourth-order valence-corrected chi connectivity index (χ4v) is 2.22. The van der Waals surface area contributed by atoms with E-state index in [0.29, 0.717) is 16.5 Å². The topological polar surface area (TPSA) is 54.1 Å². The number of hydrogen-bond acceptors (Lipinski definition) is 2. The number of H-pyrrole nitrogens is 1. The highest BCUT2D eigenvalue weighted by Crippen LogP contribution is 2.20. The summed E-state index contributed by atoms with van der Waals surface area (Å²) in [6.45, 7) is -0.0531. The van der Waals surface area contributed by atoms with Crippen LogP contribution in [0.2, 0.25) is 5.02 Å². The smallest absolute Gasteiger partial charge is 0.262 e. The normalized spacial score (nSPS) is 10.5. The Hall–Kier alpha value is -2.46. The third-order valence-electron chi connectivity index (χ3n) is 3.00. The van der Waals surface area contributed by atoms with Gasteiger partial charge in [0.2, 0.25) is 0 Å². The van der Waals surface area contributed by atoms with Gasteiger partial charge in [0.05, 0.1) is 0 Å². The number of halogens is 1. The van der Waals surface area contributed by atoms with Crippen molar-refractivity contribution in [2.75, 3.05) is 11.9 Å². The number of rotatable bonds is 4. The number of amides is 1. The van der Waals surface area contributed by atoms with Gasteiger partial charge in [-0.1, -0.05) is 17.7 Å². The molecule has 106 valence electrons. The highest BCUT2D eigenvalue weighted by molar-refractivity contribution is 6.30. The molecule has 4 nitrogen and oxygen atoms in total. The second-order valence-electron chi connectivity index (χ2n) is 4.57. The van der Waals surface area contributed by atoms with Crippen LogP contribution in [0.5, 0.6) is 5.75 Å². The average Bonchev–Trinajstić information content (AvgIpc) is 2.92. The van der Waals surface area contributed by atoms with Gasteiger partial charge in [-0.15, -0.1) is 0 Å². The fourth-order valence-electron chi connectivity index (χ4n) is 2.03. The highest BCUT2D eigenvalue weighted by Gasteiger charge is 2.05. The van der Waals surface area contributed by atoms with E-state index in [-0.39, 0.29) is 12.5 Å². The summed E-state index contributed by atoms with van der Waals surface area (Å²) in [5.74, 6) is 0.426. The lowest BCUT2D eigenvalue weighted by Crippen LogP contribution is -2.20. The number of fused-ring (bicyclic) bond motifs is 1. The van der Waals surface area contributed by atoms with E-state index in [1.54, 1.807) is 24.3 Å². The van der Waals surface area contributed by atoms with Crippen LogP contribution in [-0.2, 0) is 4.79 Å². The average molecular weight is 301 g/mol. The van der Waals surface area contributed by atoms with Crippen molar-refractivity contribution in [2.24, 2.45) is 0 Å². The molecular weight excluding hydrogens is 288 g/mol. The number of aromatic amines is 1. The fraction of sp³-hybridized carbons (Fsp3) is 0.0625. The van der Waals surface area contributed by atoms with Gasteiger partial charge in [-0.05, 0) is 42.5 Å². The monoisotopic (exact) mass is 300 g/mol. The lowest BCUT2D eigenvalue weighted by molar-refractivity contribution is -0.118. The zero-order chi connectivity index (χ0) is 14.7. The van der Waals surface area contributed by atoms with E-state index in [1.807, 2.05) is 30.5 Å². The number of ether oxygens (including phenoxy) is 1. The van der Waals surface area contributed by atoms with Crippen LogP contribution >= 0.6 is 11.6 Å². The Labute approximate surface area is 126 Å². The molecule has 0 bridgehead atoms. The van der Waals surface area contributed by atoms with Crippen molar-refractivity contribution in [1.82, 2.24) is 4.98 Å². The molecule has 5 heteroatoms. The van der Waals surface area contributed by atoms with E-state index in [2.05, 4.69) is 10.3 Å². The molecule has 0 saturated carbocycles. The third-order valence-corrected chi connectivity index (χ3v) is 3.24. The number of nitrogens with one attached hydrogen (secondary N) is 2. The maximum atomic E-state index is 11.8. The Morgan fingerprint density at radius 3 is 2.95 bits per heavy atom. The molecule has 0 radical (unpaired) electrons. The number of benzene rings is 2. The van der Waals surface area contributed by atoms with Gasteiger partial charge in [0.1, 0.15) is 5.75 Å². The third kappa shape index (κ3) is 3.35. The van der Waals surface area contributed by atoms with Crippen molar-refractivity contribution in [1.29, 1.82) is 0 Å². The van der Waals surface area contributed by atoms with Crippen molar-refractivity contribution in [3.05, 3.63) is 59.8 Å². The maximum Gasteiger partial charge on any atom is 0.262 e. The van der Waals surface area contributed by atoms with Crippen LogP contribution in [-0.4, -0.2) is 17.5 Å². The predicted octanol–water partition coefficient (Wildman–Crippen LogP) is 3.84. The van der Waals surface area contributed by atoms with Gasteiger partial charge in [0.25, 0.3) is 5.91 Å². The van der Waals surface area contributed by atoms with Crippen LogP contribution < -0.4 is 10.1 Å². The first-order valence-corrected chi connectivity index (χ1v) is 6.84. The summed E-state index contributed by atoms with van der Waals surface area (Å²) < 4.78 is 5.49. The van der Waals surface area contributed by atoms with Crippen LogP contribution in [0.4, 0.5) is 5.69 Å². The van der Waals surface area contributed by atoms with E-state index in [9.17, 15) is 4.79 Å². The first-order chi connectivity index (χ1) is 10.2. The summed E-state index contributed by atoms with van der Waals surface area (Å²) in [7, 11) is 0. The van der Waals surface area contributed by atoms with Crippen LogP contribution in [0.3, 0.4) is 0 Å². The molecule has 2 N–H and O–H groups in total. The second kappa shape index (κ2) is 5.89. The molecule has 0 atom stereocenters. The summed E-state index contributed by atoms with van der Waals surface area (Å²) >= 11 is 5.86. The summed E-state index contributed by atoms with van der Waals surface area (Å²) in [6, 6.07) is 14.6. The number of carbonyl (C=O) groups is 1. The van der Waals surface area contributed by atoms with E-state index in [1.165, 1.54) is 0 Å².